The SMILES string of the molecule is CC1C=C=CC(c2ccc(N3c4ccc(-c5ccc6c(c5)c5ccccc5n6-c5ccc(-c6ccccc6)cc5)cc4C4C=CC=CC43)cc2)C1C. The Bertz CT molecular complexity index is 2590. The Balaban J connectivity index is 1.02. The maximum Gasteiger partial charge on any atom is 0.0629 e. The molecule has 2 aliphatic carbocycles. The van der Waals surface area contributed by atoms with Crippen molar-refractivity contribution in [2.75, 3.05) is 4.90 Å². The fourth-order valence-corrected chi connectivity index (χ4v) is 8.88. The van der Waals surface area contributed by atoms with Crippen molar-refractivity contribution >= 4 is 33.2 Å². The zero-order valence-electron chi connectivity index (χ0n) is 29.5. The average molecular weight is 669 g/mol. The van der Waals surface area contributed by atoms with Crippen molar-refractivity contribution in [3.63, 3.8) is 0 Å². The summed E-state index contributed by atoms with van der Waals surface area (Å²) in [5.74, 6) is 1.80. The summed E-state index contributed by atoms with van der Waals surface area (Å²) in [5.41, 5.74) is 17.3. The van der Waals surface area contributed by atoms with Gasteiger partial charge in [-0.2, -0.15) is 0 Å². The summed E-state index contributed by atoms with van der Waals surface area (Å²) in [5, 5.41) is 2.54. The van der Waals surface area contributed by atoms with Gasteiger partial charge in [0.2, 0.25) is 0 Å². The molecule has 0 fully saturated rings. The van der Waals surface area contributed by atoms with E-state index in [4.69, 9.17) is 0 Å². The number of hydrogen-bond acceptors (Lipinski definition) is 1. The van der Waals surface area contributed by atoms with Crippen molar-refractivity contribution in [1.82, 2.24) is 4.57 Å². The molecule has 2 nitrogen and oxygen atoms in total. The van der Waals surface area contributed by atoms with E-state index in [0.717, 1.165) is 0 Å². The zero-order valence-corrected chi connectivity index (χ0v) is 29.5. The van der Waals surface area contributed by atoms with Gasteiger partial charge in [0.15, 0.2) is 0 Å². The normalized spacial score (nSPS) is 21.6. The molecule has 250 valence electrons. The molecule has 3 aliphatic rings. The quantitative estimate of drug-likeness (QED) is 0.166. The van der Waals surface area contributed by atoms with Gasteiger partial charge in [0.1, 0.15) is 0 Å². The molecule has 5 unspecified atom stereocenters. The number of fused-ring (bicyclic) bond motifs is 6. The van der Waals surface area contributed by atoms with Crippen molar-refractivity contribution in [3.05, 3.63) is 193 Å². The van der Waals surface area contributed by atoms with E-state index in [2.05, 4.69) is 205 Å². The van der Waals surface area contributed by atoms with Gasteiger partial charge in [0, 0.05) is 39.7 Å². The van der Waals surface area contributed by atoms with Crippen LogP contribution < -0.4 is 4.90 Å². The van der Waals surface area contributed by atoms with Gasteiger partial charge in [-0.25, -0.2) is 0 Å². The van der Waals surface area contributed by atoms with Gasteiger partial charge in [-0.3, -0.25) is 0 Å². The Labute approximate surface area is 306 Å². The van der Waals surface area contributed by atoms with Gasteiger partial charge in [-0.05, 0) is 112 Å². The van der Waals surface area contributed by atoms with Crippen molar-refractivity contribution in [2.24, 2.45) is 11.8 Å². The minimum Gasteiger partial charge on any atom is -0.333 e. The summed E-state index contributed by atoms with van der Waals surface area (Å²) in [4.78, 5) is 2.54. The Morgan fingerprint density at radius 2 is 1.19 bits per heavy atom. The molecule has 10 rings (SSSR count). The second-order valence-electron chi connectivity index (χ2n) is 14.8. The molecule has 0 spiro atoms. The van der Waals surface area contributed by atoms with Gasteiger partial charge >= 0.3 is 0 Å². The number of rotatable bonds is 5. The number of allylic oxidation sites excluding steroid dienone is 3. The van der Waals surface area contributed by atoms with Crippen molar-refractivity contribution in [3.8, 4) is 27.9 Å². The number of aromatic nitrogens is 1. The van der Waals surface area contributed by atoms with Crippen LogP contribution in [0.5, 0.6) is 0 Å². The number of nitrogens with zero attached hydrogens (tertiary/aromatic N) is 2. The number of hydrogen-bond donors (Lipinski definition) is 0. The molecule has 2 heteroatoms. The van der Waals surface area contributed by atoms with Crippen LogP contribution in [-0.2, 0) is 0 Å². The van der Waals surface area contributed by atoms with Crippen LogP contribution in [0.4, 0.5) is 11.4 Å². The predicted molar refractivity (Wildman–Crippen MR) is 219 cm³/mol. The molecule has 2 heterocycles. The third-order valence-corrected chi connectivity index (χ3v) is 11.9. The van der Waals surface area contributed by atoms with Gasteiger partial charge in [-0.15, -0.1) is 5.73 Å². The monoisotopic (exact) mass is 668 g/mol. The van der Waals surface area contributed by atoms with Crippen LogP contribution in [0.1, 0.15) is 36.8 Å². The van der Waals surface area contributed by atoms with E-state index in [-0.39, 0.29) is 6.04 Å². The molecule has 6 aromatic carbocycles. The Kier molecular flexibility index (Phi) is 7.27. The average Bonchev–Trinajstić information content (AvgIpc) is 3.72. The molecule has 0 saturated heterocycles. The Morgan fingerprint density at radius 3 is 2.04 bits per heavy atom. The molecular weight excluding hydrogens is 629 g/mol. The summed E-state index contributed by atoms with van der Waals surface area (Å²) in [6.45, 7) is 4.66. The van der Waals surface area contributed by atoms with Crippen LogP contribution in [0, 0.1) is 11.8 Å². The summed E-state index contributed by atoms with van der Waals surface area (Å²) in [6, 6.07) is 52.0. The first-order valence-corrected chi connectivity index (χ1v) is 18.6. The maximum atomic E-state index is 3.41. The van der Waals surface area contributed by atoms with Crippen molar-refractivity contribution in [1.29, 1.82) is 0 Å². The minimum atomic E-state index is 0.256. The zero-order chi connectivity index (χ0) is 34.8. The summed E-state index contributed by atoms with van der Waals surface area (Å²) in [6.07, 6.45) is 13.6. The van der Waals surface area contributed by atoms with E-state index in [1.165, 1.54) is 72.2 Å². The molecule has 5 atom stereocenters. The maximum absolute atomic E-state index is 3.41. The van der Waals surface area contributed by atoms with Crippen LogP contribution in [0.15, 0.2) is 182 Å². The fourth-order valence-electron chi connectivity index (χ4n) is 8.88. The minimum absolute atomic E-state index is 0.256. The molecule has 0 bridgehead atoms. The van der Waals surface area contributed by atoms with Gasteiger partial charge < -0.3 is 9.47 Å². The number of para-hydroxylation sites is 1. The summed E-state index contributed by atoms with van der Waals surface area (Å²) in [7, 11) is 0. The van der Waals surface area contributed by atoms with E-state index in [1.54, 1.807) is 0 Å². The second kappa shape index (κ2) is 12.3. The van der Waals surface area contributed by atoms with Crippen molar-refractivity contribution < 1.29 is 0 Å². The molecule has 1 aromatic heterocycles. The molecule has 1 aliphatic heterocycles. The first-order chi connectivity index (χ1) is 25.6. The molecule has 0 saturated carbocycles. The van der Waals surface area contributed by atoms with Crippen LogP contribution in [0.3, 0.4) is 0 Å². The topological polar surface area (TPSA) is 8.17 Å². The molecule has 0 N–H and O–H groups in total. The van der Waals surface area contributed by atoms with Crippen LogP contribution in [0.2, 0.25) is 0 Å². The highest BCUT2D eigenvalue weighted by Crippen LogP contribution is 2.49. The highest BCUT2D eigenvalue weighted by Gasteiger charge is 2.37. The van der Waals surface area contributed by atoms with E-state index < -0.39 is 0 Å². The summed E-state index contributed by atoms with van der Waals surface area (Å²) < 4.78 is 2.40. The van der Waals surface area contributed by atoms with E-state index in [1.807, 2.05) is 0 Å². The largest absolute Gasteiger partial charge is 0.333 e. The lowest BCUT2D eigenvalue weighted by atomic mass is 9.77. The predicted octanol–water partition coefficient (Wildman–Crippen LogP) is 12.9. The van der Waals surface area contributed by atoms with Gasteiger partial charge in [0.05, 0.1) is 17.1 Å². The van der Waals surface area contributed by atoms with Gasteiger partial charge in [0.25, 0.3) is 0 Å². The first kappa shape index (κ1) is 30.7. The Morgan fingerprint density at radius 1 is 0.519 bits per heavy atom. The van der Waals surface area contributed by atoms with E-state index >= 15 is 0 Å². The molecule has 52 heavy (non-hydrogen) atoms. The highest BCUT2D eigenvalue weighted by atomic mass is 15.2. The third kappa shape index (κ3) is 4.94. The first-order valence-electron chi connectivity index (χ1n) is 18.6. The van der Waals surface area contributed by atoms with Crippen LogP contribution in [-0.4, -0.2) is 10.6 Å². The van der Waals surface area contributed by atoms with Crippen LogP contribution >= 0.6 is 0 Å². The Hall–Kier alpha value is -6.08. The fraction of sp³-hybridized carbons (Fsp3) is 0.140. The van der Waals surface area contributed by atoms with Crippen LogP contribution in [0.25, 0.3) is 49.7 Å². The lowest BCUT2D eigenvalue weighted by molar-refractivity contribution is 0.412. The number of benzene rings is 6. The molecular formula is C50H40N2. The second-order valence-corrected chi connectivity index (χ2v) is 14.8. The number of anilines is 2. The van der Waals surface area contributed by atoms with Crippen molar-refractivity contribution in [2.45, 2.75) is 31.7 Å². The lowest BCUT2D eigenvalue weighted by Gasteiger charge is -2.30. The highest BCUT2D eigenvalue weighted by molar-refractivity contribution is 6.10. The molecule has 0 amide bonds. The molecule has 0 radical (unpaired) electrons. The smallest absolute Gasteiger partial charge is 0.0629 e. The standard InChI is InChI=1S/C50H40N2/c1-33-11-10-16-42(34(33)2)37-21-27-41(28-22-37)52-48-18-9-7-15-44(48)46-32-39(24-30-50(46)52)38-23-29-49-45(31-38)43-14-6-8-17-47(43)51(49)40-25-19-36(20-26-40)35-12-4-3-5-13-35/h3-9,11-34,42,44,48H,1-2H3. The van der Waals surface area contributed by atoms with E-state index in [9.17, 15) is 0 Å². The molecule has 7 aromatic rings. The summed E-state index contributed by atoms with van der Waals surface area (Å²) >= 11 is 0. The third-order valence-electron chi connectivity index (χ3n) is 11.9. The van der Waals surface area contributed by atoms with Gasteiger partial charge in [-0.1, -0.05) is 123 Å². The van der Waals surface area contributed by atoms with E-state index in [0.29, 0.717) is 23.7 Å². The lowest BCUT2D eigenvalue weighted by Crippen LogP contribution is -2.28.